The second-order valence-electron chi connectivity index (χ2n) is 5.00. The summed E-state index contributed by atoms with van der Waals surface area (Å²) < 4.78 is 5.68. The van der Waals surface area contributed by atoms with Gasteiger partial charge < -0.3 is 15.2 Å². The van der Waals surface area contributed by atoms with Crippen LogP contribution < -0.4 is 10.1 Å². The molecule has 0 aliphatic heterocycles. The zero-order valence-corrected chi connectivity index (χ0v) is 13.0. The van der Waals surface area contributed by atoms with Gasteiger partial charge in [-0.15, -0.1) is 0 Å². The van der Waals surface area contributed by atoms with Crippen molar-refractivity contribution in [2.45, 2.75) is 19.6 Å². The molecule has 0 fully saturated rings. The molecule has 0 saturated heterocycles. The number of carbonyl (C=O) groups is 1. The fraction of sp³-hybridized carbons (Fsp3) is 0.235. The van der Waals surface area contributed by atoms with E-state index in [1.54, 1.807) is 43.3 Å². The van der Waals surface area contributed by atoms with E-state index in [-0.39, 0.29) is 12.5 Å². The zero-order chi connectivity index (χ0) is 15.9. The quantitative estimate of drug-likeness (QED) is 0.860. The van der Waals surface area contributed by atoms with Crippen molar-refractivity contribution in [1.29, 1.82) is 0 Å². The minimum atomic E-state index is -0.576. The van der Waals surface area contributed by atoms with Crippen LogP contribution in [0.4, 0.5) is 0 Å². The summed E-state index contributed by atoms with van der Waals surface area (Å²) in [7, 11) is 0. The average Bonchev–Trinajstić information content (AvgIpc) is 2.52. The normalized spacial score (nSPS) is 11.8. The van der Waals surface area contributed by atoms with Crippen LogP contribution in [0.5, 0.6) is 5.75 Å². The molecular weight excluding hydrogens is 302 g/mol. The Morgan fingerprint density at radius 2 is 2.00 bits per heavy atom. The lowest BCUT2D eigenvalue weighted by Crippen LogP contribution is -2.30. The van der Waals surface area contributed by atoms with Crippen LogP contribution in [0.2, 0.25) is 5.02 Å². The summed E-state index contributed by atoms with van der Waals surface area (Å²) in [4.78, 5) is 11.9. The van der Waals surface area contributed by atoms with Gasteiger partial charge in [-0.3, -0.25) is 4.79 Å². The molecule has 1 amide bonds. The van der Waals surface area contributed by atoms with E-state index in [0.717, 1.165) is 5.56 Å². The van der Waals surface area contributed by atoms with Crippen molar-refractivity contribution >= 4 is 17.5 Å². The van der Waals surface area contributed by atoms with Gasteiger partial charge in [0.05, 0.1) is 6.10 Å². The summed E-state index contributed by atoms with van der Waals surface area (Å²) in [6.45, 7) is 2.23. The number of rotatable bonds is 6. The fourth-order valence-corrected chi connectivity index (χ4v) is 1.94. The third kappa shape index (κ3) is 5.06. The van der Waals surface area contributed by atoms with Crippen LogP contribution >= 0.6 is 11.6 Å². The van der Waals surface area contributed by atoms with E-state index >= 15 is 0 Å². The SMILES string of the molecule is CC(O)CNC(=O)c1cccc(OCc2ccc(Cl)cc2)c1. The minimum Gasteiger partial charge on any atom is -0.489 e. The van der Waals surface area contributed by atoms with Gasteiger partial charge in [-0.25, -0.2) is 0 Å². The van der Waals surface area contributed by atoms with Crippen molar-refractivity contribution < 1.29 is 14.6 Å². The lowest BCUT2D eigenvalue weighted by atomic mass is 10.2. The monoisotopic (exact) mass is 319 g/mol. The van der Waals surface area contributed by atoms with Crippen molar-refractivity contribution in [3.63, 3.8) is 0 Å². The molecule has 2 aromatic carbocycles. The van der Waals surface area contributed by atoms with E-state index in [1.807, 2.05) is 12.1 Å². The van der Waals surface area contributed by atoms with Crippen molar-refractivity contribution in [3.8, 4) is 5.75 Å². The van der Waals surface area contributed by atoms with Gasteiger partial charge in [-0.2, -0.15) is 0 Å². The van der Waals surface area contributed by atoms with Crippen LogP contribution in [-0.2, 0) is 6.61 Å². The predicted molar refractivity (Wildman–Crippen MR) is 86.2 cm³/mol. The summed E-state index contributed by atoms with van der Waals surface area (Å²) in [6, 6.07) is 14.3. The number of hydrogen-bond donors (Lipinski definition) is 2. The van der Waals surface area contributed by atoms with Crippen molar-refractivity contribution in [3.05, 3.63) is 64.7 Å². The third-order valence-corrected chi connectivity index (χ3v) is 3.22. The molecule has 1 atom stereocenters. The number of halogens is 1. The minimum absolute atomic E-state index is 0.217. The molecule has 0 radical (unpaired) electrons. The molecule has 0 aromatic heterocycles. The van der Waals surface area contributed by atoms with Gasteiger partial charge in [0.1, 0.15) is 12.4 Å². The first kappa shape index (κ1) is 16.3. The summed E-state index contributed by atoms with van der Waals surface area (Å²) >= 11 is 5.83. The molecule has 0 heterocycles. The lowest BCUT2D eigenvalue weighted by Gasteiger charge is -2.10. The molecule has 0 bridgehead atoms. The first-order valence-electron chi connectivity index (χ1n) is 6.98. The maximum absolute atomic E-state index is 11.9. The van der Waals surface area contributed by atoms with Crippen LogP contribution in [0, 0.1) is 0 Å². The zero-order valence-electron chi connectivity index (χ0n) is 12.3. The number of benzene rings is 2. The molecule has 116 valence electrons. The van der Waals surface area contributed by atoms with Gasteiger partial charge >= 0.3 is 0 Å². The van der Waals surface area contributed by atoms with E-state index in [0.29, 0.717) is 22.9 Å². The van der Waals surface area contributed by atoms with Crippen LogP contribution in [0.15, 0.2) is 48.5 Å². The second-order valence-corrected chi connectivity index (χ2v) is 5.44. The topological polar surface area (TPSA) is 58.6 Å². The molecule has 0 saturated carbocycles. The van der Waals surface area contributed by atoms with Gasteiger partial charge in [0.15, 0.2) is 0 Å². The maximum Gasteiger partial charge on any atom is 0.251 e. The molecular formula is C17H18ClNO3. The van der Waals surface area contributed by atoms with Crippen LogP contribution in [-0.4, -0.2) is 23.7 Å². The molecule has 22 heavy (non-hydrogen) atoms. The van der Waals surface area contributed by atoms with E-state index in [1.165, 1.54) is 0 Å². The Balaban J connectivity index is 1.96. The number of aliphatic hydroxyl groups is 1. The summed E-state index contributed by atoms with van der Waals surface area (Å²) in [5, 5.41) is 12.5. The Morgan fingerprint density at radius 1 is 1.27 bits per heavy atom. The molecule has 2 aromatic rings. The summed E-state index contributed by atoms with van der Waals surface area (Å²) in [5.41, 5.74) is 1.49. The summed E-state index contributed by atoms with van der Waals surface area (Å²) in [5.74, 6) is 0.373. The highest BCUT2D eigenvalue weighted by molar-refractivity contribution is 6.30. The second kappa shape index (κ2) is 7.82. The first-order chi connectivity index (χ1) is 10.5. The van der Waals surface area contributed by atoms with Gasteiger partial charge in [-0.1, -0.05) is 29.8 Å². The van der Waals surface area contributed by atoms with Gasteiger partial charge in [0, 0.05) is 17.1 Å². The molecule has 0 aliphatic carbocycles. The Bertz CT molecular complexity index is 626. The Hall–Kier alpha value is -2.04. The van der Waals surface area contributed by atoms with Crippen molar-refractivity contribution in [2.24, 2.45) is 0 Å². The molecule has 2 N–H and O–H groups in total. The number of nitrogens with one attached hydrogen (secondary N) is 1. The average molecular weight is 320 g/mol. The molecule has 2 rings (SSSR count). The van der Waals surface area contributed by atoms with Crippen molar-refractivity contribution in [2.75, 3.05) is 6.54 Å². The maximum atomic E-state index is 11.9. The number of amides is 1. The Morgan fingerprint density at radius 3 is 2.68 bits per heavy atom. The van der Waals surface area contributed by atoms with E-state index in [2.05, 4.69) is 5.32 Å². The van der Waals surface area contributed by atoms with Gasteiger partial charge in [0.25, 0.3) is 5.91 Å². The van der Waals surface area contributed by atoms with Crippen molar-refractivity contribution in [1.82, 2.24) is 5.32 Å². The van der Waals surface area contributed by atoms with Gasteiger partial charge in [0.2, 0.25) is 0 Å². The van der Waals surface area contributed by atoms with E-state index in [9.17, 15) is 9.90 Å². The summed E-state index contributed by atoms with van der Waals surface area (Å²) in [6.07, 6.45) is -0.576. The van der Waals surface area contributed by atoms with E-state index < -0.39 is 6.10 Å². The highest BCUT2D eigenvalue weighted by Crippen LogP contribution is 2.16. The fourth-order valence-electron chi connectivity index (χ4n) is 1.82. The van der Waals surface area contributed by atoms with E-state index in [4.69, 9.17) is 16.3 Å². The van der Waals surface area contributed by atoms with Crippen LogP contribution in [0.3, 0.4) is 0 Å². The molecule has 4 nitrogen and oxygen atoms in total. The number of ether oxygens (including phenoxy) is 1. The Kier molecular flexibility index (Phi) is 5.81. The standard InChI is InChI=1S/C17H18ClNO3/c1-12(20)10-19-17(21)14-3-2-4-16(9-14)22-11-13-5-7-15(18)8-6-13/h2-9,12,20H,10-11H2,1H3,(H,19,21). The third-order valence-electron chi connectivity index (χ3n) is 2.97. The highest BCUT2D eigenvalue weighted by atomic mass is 35.5. The number of aliphatic hydroxyl groups excluding tert-OH is 1. The van der Waals surface area contributed by atoms with Crippen LogP contribution in [0.1, 0.15) is 22.8 Å². The first-order valence-corrected chi connectivity index (χ1v) is 7.36. The smallest absolute Gasteiger partial charge is 0.251 e. The number of hydrogen-bond acceptors (Lipinski definition) is 3. The molecule has 0 spiro atoms. The highest BCUT2D eigenvalue weighted by Gasteiger charge is 2.07. The Labute approximate surface area is 134 Å². The van der Waals surface area contributed by atoms with Gasteiger partial charge in [-0.05, 0) is 42.8 Å². The largest absolute Gasteiger partial charge is 0.489 e. The molecule has 5 heteroatoms. The number of carbonyl (C=O) groups excluding carboxylic acids is 1. The van der Waals surface area contributed by atoms with Crippen LogP contribution in [0.25, 0.3) is 0 Å². The molecule has 1 unspecified atom stereocenters. The lowest BCUT2D eigenvalue weighted by molar-refractivity contribution is 0.0923. The molecule has 0 aliphatic rings. The predicted octanol–water partition coefficient (Wildman–Crippen LogP) is 3.03.